The Kier molecular flexibility index (Phi) is 4.71. The monoisotopic (exact) mass is 270 g/mol. The fourth-order valence-electron chi connectivity index (χ4n) is 1.98. The lowest BCUT2D eigenvalue weighted by atomic mass is 10.0. The van der Waals surface area contributed by atoms with Crippen LogP contribution in [0.4, 0.5) is 0 Å². The van der Waals surface area contributed by atoms with Crippen LogP contribution < -0.4 is 5.43 Å². The summed E-state index contributed by atoms with van der Waals surface area (Å²) in [5.74, 6) is 0.0399. The van der Waals surface area contributed by atoms with Crippen molar-refractivity contribution in [3.05, 3.63) is 42.0 Å². The molecule has 2 aromatic rings. The number of fused-ring (bicyclic) bond motifs is 1. The second-order valence-corrected chi connectivity index (χ2v) is 4.62. The van der Waals surface area contributed by atoms with E-state index >= 15 is 0 Å². The molecule has 2 N–H and O–H groups in total. The van der Waals surface area contributed by atoms with E-state index in [-0.39, 0.29) is 11.7 Å². The summed E-state index contributed by atoms with van der Waals surface area (Å²) in [7, 11) is 0. The molecule has 0 aliphatic heterocycles. The van der Waals surface area contributed by atoms with Crippen molar-refractivity contribution >= 4 is 22.9 Å². The van der Waals surface area contributed by atoms with Crippen molar-refractivity contribution in [3.8, 4) is 5.75 Å². The second-order valence-electron chi connectivity index (χ2n) is 4.62. The Morgan fingerprint density at radius 1 is 1.30 bits per heavy atom. The molecule has 0 aliphatic rings. The van der Waals surface area contributed by atoms with Crippen LogP contribution in [0.5, 0.6) is 5.75 Å². The number of unbranched alkanes of at least 4 members (excludes halogenated alkanes) is 1. The second kappa shape index (κ2) is 6.70. The number of hydrogen-bond donors (Lipinski definition) is 2. The van der Waals surface area contributed by atoms with Crippen LogP contribution in [0.15, 0.2) is 41.5 Å². The lowest BCUT2D eigenvalue weighted by molar-refractivity contribution is -0.121. The van der Waals surface area contributed by atoms with Crippen molar-refractivity contribution in [3.63, 3.8) is 0 Å². The molecule has 2 aromatic carbocycles. The van der Waals surface area contributed by atoms with Gasteiger partial charge in [0.2, 0.25) is 5.91 Å². The Morgan fingerprint density at radius 2 is 2.10 bits per heavy atom. The number of hydrogen-bond acceptors (Lipinski definition) is 3. The first kappa shape index (κ1) is 14.1. The highest BCUT2D eigenvalue weighted by Gasteiger charge is 2.04. The van der Waals surface area contributed by atoms with Crippen molar-refractivity contribution in [2.75, 3.05) is 0 Å². The van der Waals surface area contributed by atoms with Gasteiger partial charge in [0.1, 0.15) is 5.75 Å². The van der Waals surface area contributed by atoms with Gasteiger partial charge < -0.3 is 5.11 Å². The smallest absolute Gasteiger partial charge is 0.240 e. The zero-order chi connectivity index (χ0) is 14.4. The van der Waals surface area contributed by atoms with Crippen LogP contribution >= 0.6 is 0 Å². The van der Waals surface area contributed by atoms with E-state index in [0.717, 1.165) is 23.6 Å². The summed E-state index contributed by atoms with van der Waals surface area (Å²) in [6, 6.07) is 11.2. The van der Waals surface area contributed by atoms with E-state index in [1.807, 2.05) is 37.3 Å². The summed E-state index contributed by atoms with van der Waals surface area (Å²) in [5.41, 5.74) is 3.09. The number of carbonyl (C=O) groups excluding carboxylic acids is 1. The molecule has 0 aromatic heterocycles. The fourth-order valence-corrected chi connectivity index (χ4v) is 1.98. The molecule has 0 radical (unpaired) electrons. The van der Waals surface area contributed by atoms with Gasteiger partial charge in [-0.3, -0.25) is 4.79 Å². The minimum Gasteiger partial charge on any atom is -0.507 e. The first-order chi connectivity index (χ1) is 9.72. The van der Waals surface area contributed by atoms with Gasteiger partial charge in [-0.1, -0.05) is 43.7 Å². The number of carbonyl (C=O) groups is 1. The lowest BCUT2D eigenvalue weighted by Crippen LogP contribution is -2.16. The minimum absolute atomic E-state index is 0.108. The molecule has 4 heteroatoms. The van der Waals surface area contributed by atoms with Crippen molar-refractivity contribution in [1.82, 2.24) is 5.43 Å². The van der Waals surface area contributed by atoms with Gasteiger partial charge in [-0.25, -0.2) is 5.43 Å². The van der Waals surface area contributed by atoms with Gasteiger partial charge in [0.15, 0.2) is 0 Å². The number of benzene rings is 2. The molecule has 0 atom stereocenters. The summed E-state index contributed by atoms with van der Waals surface area (Å²) in [4.78, 5) is 11.5. The van der Waals surface area contributed by atoms with Crippen LogP contribution in [0.1, 0.15) is 31.7 Å². The van der Waals surface area contributed by atoms with Crippen LogP contribution in [0.3, 0.4) is 0 Å². The molecule has 0 spiro atoms. The molecule has 0 bridgehead atoms. The highest BCUT2D eigenvalue weighted by molar-refractivity contribution is 6.02. The normalized spacial score (nSPS) is 11.1. The van der Waals surface area contributed by atoms with Crippen molar-refractivity contribution in [2.45, 2.75) is 26.2 Å². The first-order valence-corrected chi connectivity index (χ1v) is 6.75. The number of phenolic OH excluding ortho intramolecular Hbond substituents is 1. The number of hydrazone groups is 1. The van der Waals surface area contributed by atoms with Gasteiger partial charge in [0.05, 0.1) is 6.21 Å². The van der Waals surface area contributed by atoms with Crippen LogP contribution in [0, 0.1) is 0 Å². The third kappa shape index (κ3) is 3.35. The molecule has 2 rings (SSSR count). The number of amides is 1. The zero-order valence-electron chi connectivity index (χ0n) is 11.5. The molecule has 0 heterocycles. The zero-order valence-corrected chi connectivity index (χ0v) is 11.5. The molecule has 104 valence electrons. The van der Waals surface area contributed by atoms with E-state index in [2.05, 4.69) is 10.5 Å². The van der Waals surface area contributed by atoms with Crippen LogP contribution in [-0.2, 0) is 4.79 Å². The Bertz CT molecular complexity index is 635. The topological polar surface area (TPSA) is 61.7 Å². The van der Waals surface area contributed by atoms with E-state index in [4.69, 9.17) is 0 Å². The first-order valence-electron chi connectivity index (χ1n) is 6.75. The molecule has 0 saturated heterocycles. The van der Waals surface area contributed by atoms with Crippen LogP contribution in [-0.4, -0.2) is 17.2 Å². The average molecular weight is 270 g/mol. The molecule has 1 amide bonds. The van der Waals surface area contributed by atoms with E-state index in [9.17, 15) is 9.90 Å². The van der Waals surface area contributed by atoms with E-state index in [0.29, 0.717) is 12.0 Å². The number of phenols is 1. The van der Waals surface area contributed by atoms with Crippen molar-refractivity contribution < 1.29 is 9.90 Å². The SMILES string of the molecule is CCCCC(=O)NN=Cc1c(O)ccc2ccccc12. The van der Waals surface area contributed by atoms with Gasteiger partial charge >= 0.3 is 0 Å². The summed E-state index contributed by atoms with van der Waals surface area (Å²) in [5, 5.41) is 15.8. The highest BCUT2D eigenvalue weighted by atomic mass is 16.3. The molecule has 0 saturated carbocycles. The van der Waals surface area contributed by atoms with Gasteiger partial charge in [-0.05, 0) is 23.3 Å². The van der Waals surface area contributed by atoms with Gasteiger partial charge in [-0.15, -0.1) is 0 Å². The maximum absolute atomic E-state index is 11.5. The molecule has 0 unspecified atom stereocenters. The Balaban J connectivity index is 2.16. The molecule has 0 aliphatic carbocycles. The quantitative estimate of drug-likeness (QED) is 0.647. The van der Waals surface area contributed by atoms with E-state index in [1.165, 1.54) is 6.21 Å². The summed E-state index contributed by atoms with van der Waals surface area (Å²) < 4.78 is 0. The maximum Gasteiger partial charge on any atom is 0.240 e. The summed E-state index contributed by atoms with van der Waals surface area (Å²) >= 11 is 0. The largest absolute Gasteiger partial charge is 0.507 e. The molecule has 4 nitrogen and oxygen atoms in total. The number of nitrogens with zero attached hydrogens (tertiary/aromatic N) is 1. The Labute approximate surface area is 118 Å². The predicted molar refractivity (Wildman–Crippen MR) is 80.9 cm³/mol. The third-order valence-electron chi connectivity index (χ3n) is 3.09. The summed E-state index contributed by atoms with van der Waals surface area (Å²) in [6.07, 6.45) is 3.78. The van der Waals surface area contributed by atoms with Gasteiger partial charge in [0, 0.05) is 12.0 Å². The number of nitrogens with one attached hydrogen (secondary N) is 1. The highest BCUT2D eigenvalue weighted by Crippen LogP contribution is 2.25. The number of rotatable bonds is 5. The minimum atomic E-state index is -0.108. The predicted octanol–water partition coefficient (Wildman–Crippen LogP) is 3.19. The molecular weight excluding hydrogens is 252 g/mol. The standard InChI is InChI=1S/C16H18N2O2/c1-2-3-8-16(20)18-17-11-14-13-7-5-4-6-12(13)9-10-15(14)19/h4-7,9-11,19H,2-3,8H2,1H3,(H,18,20). The third-order valence-corrected chi connectivity index (χ3v) is 3.09. The van der Waals surface area contributed by atoms with Crippen molar-refractivity contribution in [2.24, 2.45) is 5.10 Å². The fraction of sp³-hybridized carbons (Fsp3) is 0.250. The van der Waals surface area contributed by atoms with Gasteiger partial charge in [-0.2, -0.15) is 5.10 Å². The lowest BCUT2D eigenvalue weighted by Gasteiger charge is -2.04. The van der Waals surface area contributed by atoms with Gasteiger partial charge in [0.25, 0.3) is 0 Å². The van der Waals surface area contributed by atoms with Crippen molar-refractivity contribution in [1.29, 1.82) is 0 Å². The van der Waals surface area contributed by atoms with E-state index < -0.39 is 0 Å². The van der Waals surface area contributed by atoms with Crippen LogP contribution in [0.25, 0.3) is 10.8 Å². The number of aromatic hydroxyl groups is 1. The Hall–Kier alpha value is -2.36. The summed E-state index contributed by atoms with van der Waals surface area (Å²) in [6.45, 7) is 2.03. The molecular formula is C16H18N2O2. The Morgan fingerprint density at radius 3 is 2.90 bits per heavy atom. The maximum atomic E-state index is 11.5. The van der Waals surface area contributed by atoms with Crippen LogP contribution in [0.2, 0.25) is 0 Å². The average Bonchev–Trinajstić information content (AvgIpc) is 2.47. The molecule has 20 heavy (non-hydrogen) atoms. The van der Waals surface area contributed by atoms with E-state index in [1.54, 1.807) is 6.07 Å². The molecule has 0 fully saturated rings.